The summed E-state index contributed by atoms with van der Waals surface area (Å²) in [5, 5.41) is 10.3. The van der Waals surface area contributed by atoms with Crippen molar-refractivity contribution in [1.82, 2.24) is 0 Å². The molecule has 1 aromatic carbocycles. The minimum atomic E-state index is -0.756. The molecule has 0 saturated carbocycles. The molecule has 3 nitrogen and oxygen atoms in total. The van der Waals surface area contributed by atoms with Crippen LogP contribution in [0.2, 0.25) is 0 Å². The average Bonchev–Trinajstić information content (AvgIpc) is 2.38. The fraction of sp³-hybridized carbons (Fsp3) is 0.500. The van der Waals surface area contributed by atoms with Gasteiger partial charge in [-0.25, -0.2) is 0 Å². The number of esters is 1. The summed E-state index contributed by atoms with van der Waals surface area (Å²) in [6.45, 7) is 2.53. The van der Waals surface area contributed by atoms with Crippen molar-refractivity contribution < 1.29 is 14.6 Å². The van der Waals surface area contributed by atoms with Crippen LogP contribution >= 0.6 is 0 Å². The highest BCUT2D eigenvalue weighted by atomic mass is 16.5. The van der Waals surface area contributed by atoms with Crippen molar-refractivity contribution in [1.29, 1.82) is 0 Å². The molecule has 0 radical (unpaired) electrons. The van der Waals surface area contributed by atoms with Gasteiger partial charge < -0.3 is 9.84 Å². The van der Waals surface area contributed by atoms with Crippen LogP contribution in [0.1, 0.15) is 31.4 Å². The number of hydrogen-bond donors (Lipinski definition) is 1. The van der Waals surface area contributed by atoms with Crippen LogP contribution in [0.4, 0.5) is 0 Å². The Labute approximate surface area is 101 Å². The number of carbonyl (C=O) groups is 1. The Morgan fingerprint density at radius 1 is 1.41 bits per heavy atom. The second-order valence-corrected chi connectivity index (χ2v) is 4.51. The van der Waals surface area contributed by atoms with Crippen LogP contribution in [0.5, 0.6) is 0 Å². The molecular formula is C14H18O3. The molecule has 3 heteroatoms. The van der Waals surface area contributed by atoms with Crippen LogP contribution in [-0.4, -0.2) is 17.7 Å². The van der Waals surface area contributed by atoms with Crippen LogP contribution < -0.4 is 0 Å². The summed E-state index contributed by atoms with van der Waals surface area (Å²) in [5.41, 5.74) is 0.787. The zero-order valence-corrected chi connectivity index (χ0v) is 10.0. The normalized spacial score (nSPS) is 26.4. The minimum absolute atomic E-state index is 0.214. The van der Waals surface area contributed by atoms with Gasteiger partial charge in [0.25, 0.3) is 0 Å². The number of ether oxygens (including phenoxy) is 1. The Kier molecular flexibility index (Phi) is 3.79. The van der Waals surface area contributed by atoms with E-state index in [2.05, 4.69) is 0 Å². The molecule has 0 bridgehead atoms. The number of cyclic esters (lactones) is 1. The van der Waals surface area contributed by atoms with Gasteiger partial charge in [-0.15, -0.1) is 0 Å². The van der Waals surface area contributed by atoms with E-state index in [0.717, 1.165) is 18.4 Å². The number of aliphatic hydroxyl groups excluding tert-OH is 1. The Hall–Kier alpha value is -1.35. The largest absolute Gasteiger partial charge is 0.465 e. The number of benzene rings is 1. The fourth-order valence-electron chi connectivity index (χ4n) is 2.48. The molecule has 1 aliphatic rings. The van der Waals surface area contributed by atoms with E-state index in [1.807, 2.05) is 37.3 Å². The molecule has 92 valence electrons. The number of aliphatic hydroxyl groups is 1. The van der Waals surface area contributed by atoms with Crippen molar-refractivity contribution in [3.05, 3.63) is 35.9 Å². The third-order valence-corrected chi connectivity index (χ3v) is 3.52. The summed E-state index contributed by atoms with van der Waals surface area (Å²) in [6, 6.07) is 9.33. The molecular weight excluding hydrogens is 216 g/mol. The quantitative estimate of drug-likeness (QED) is 0.816. The van der Waals surface area contributed by atoms with E-state index in [-0.39, 0.29) is 11.9 Å². The van der Waals surface area contributed by atoms with Gasteiger partial charge in [0.2, 0.25) is 0 Å². The van der Waals surface area contributed by atoms with Crippen molar-refractivity contribution in [2.24, 2.45) is 11.8 Å². The summed E-state index contributed by atoms with van der Waals surface area (Å²) < 4.78 is 5.07. The Morgan fingerprint density at radius 3 is 2.76 bits per heavy atom. The van der Waals surface area contributed by atoms with Crippen molar-refractivity contribution in [3.8, 4) is 0 Å². The lowest BCUT2D eigenvalue weighted by molar-refractivity contribution is -0.163. The molecule has 1 aromatic rings. The molecule has 1 aliphatic heterocycles. The fourth-order valence-corrected chi connectivity index (χ4v) is 2.48. The van der Waals surface area contributed by atoms with E-state index in [1.54, 1.807) is 0 Å². The average molecular weight is 234 g/mol. The highest BCUT2D eigenvalue weighted by Gasteiger charge is 2.38. The maximum absolute atomic E-state index is 11.8. The monoisotopic (exact) mass is 234 g/mol. The first-order chi connectivity index (χ1) is 8.24. The van der Waals surface area contributed by atoms with Crippen molar-refractivity contribution >= 4 is 5.97 Å². The second kappa shape index (κ2) is 5.32. The number of rotatable bonds is 3. The molecule has 2 rings (SSSR count). The number of carbonyl (C=O) groups excluding carboxylic acids is 1. The maximum atomic E-state index is 11.8. The predicted molar refractivity (Wildman–Crippen MR) is 64.2 cm³/mol. The third-order valence-electron chi connectivity index (χ3n) is 3.52. The lowest BCUT2D eigenvalue weighted by Crippen LogP contribution is -2.36. The molecule has 1 saturated heterocycles. The lowest BCUT2D eigenvalue weighted by Gasteiger charge is -2.32. The zero-order valence-electron chi connectivity index (χ0n) is 10.0. The van der Waals surface area contributed by atoms with Gasteiger partial charge in [-0.2, -0.15) is 0 Å². The molecule has 1 N–H and O–H groups in total. The maximum Gasteiger partial charge on any atom is 0.312 e. The topological polar surface area (TPSA) is 46.5 Å². The first-order valence-corrected chi connectivity index (χ1v) is 6.13. The smallest absolute Gasteiger partial charge is 0.312 e. The molecule has 0 aromatic heterocycles. The molecule has 0 unspecified atom stereocenters. The van der Waals surface area contributed by atoms with Gasteiger partial charge >= 0.3 is 5.97 Å². The highest BCUT2D eigenvalue weighted by Crippen LogP contribution is 2.35. The van der Waals surface area contributed by atoms with Gasteiger partial charge in [0, 0.05) is 0 Å². The first-order valence-electron chi connectivity index (χ1n) is 6.13. The van der Waals surface area contributed by atoms with Gasteiger partial charge in [0.15, 0.2) is 0 Å². The Morgan fingerprint density at radius 2 is 2.12 bits per heavy atom. The van der Waals surface area contributed by atoms with E-state index < -0.39 is 12.0 Å². The molecule has 0 aliphatic carbocycles. The summed E-state index contributed by atoms with van der Waals surface area (Å²) in [6.07, 6.45) is 0.981. The summed E-state index contributed by atoms with van der Waals surface area (Å²) in [5.74, 6) is -0.470. The van der Waals surface area contributed by atoms with Crippen molar-refractivity contribution in [3.63, 3.8) is 0 Å². The predicted octanol–water partition coefficient (Wildman–Crippen LogP) is 2.31. The summed E-state index contributed by atoms with van der Waals surface area (Å²) in [4.78, 5) is 11.8. The zero-order chi connectivity index (χ0) is 12.3. The van der Waals surface area contributed by atoms with Crippen LogP contribution in [0, 0.1) is 11.8 Å². The van der Waals surface area contributed by atoms with Gasteiger partial charge in [-0.3, -0.25) is 4.79 Å². The van der Waals surface area contributed by atoms with E-state index in [1.165, 1.54) is 0 Å². The van der Waals surface area contributed by atoms with Crippen LogP contribution in [0.15, 0.2) is 30.3 Å². The SMILES string of the molecule is CC[C@@H]1CCOC(=O)[C@H]1[C@H](O)c1ccccc1. The van der Waals surface area contributed by atoms with Gasteiger partial charge in [0.1, 0.15) is 0 Å². The van der Waals surface area contributed by atoms with Crippen LogP contribution in [-0.2, 0) is 9.53 Å². The Bertz CT molecular complexity index is 374. The van der Waals surface area contributed by atoms with Crippen LogP contribution in [0.3, 0.4) is 0 Å². The molecule has 1 fully saturated rings. The molecule has 17 heavy (non-hydrogen) atoms. The molecule has 0 amide bonds. The third kappa shape index (κ3) is 2.50. The minimum Gasteiger partial charge on any atom is -0.465 e. The summed E-state index contributed by atoms with van der Waals surface area (Å²) >= 11 is 0. The van der Waals surface area contributed by atoms with Gasteiger partial charge in [0.05, 0.1) is 18.6 Å². The van der Waals surface area contributed by atoms with E-state index in [9.17, 15) is 9.90 Å². The number of hydrogen-bond acceptors (Lipinski definition) is 3. The second-order valence-electron chi connectivity index (χ2n) is 4.51. The van der Waals surface area contributed by atoms with Crippen LogP contribution in [0.25, 0.3) is 0 Å². The molecule has 1 heterocycles. The highest BCUT2D eigenvalue weighted by molar-refractivity contribution is 5.74. The van der Waals surface area contributed by atoms with Crippen molar-refractivity contribution in [2.45, 2.75) is 25.9 Å². The van der Waals surface area contributed by atoms with E-state index in [4.69, 9.17) is 4.74 Å². The molecule has 0 spiro atoms. The van der Waals surface area contributed by atoms with Crippen molar-refractivity contribution in [2.75, 3.05) is 6.61 Å². The molecule has 3 atom stereocenters. The lowest BCUT2D eigenvalue weighted by atomic mass is 9.80. The van der Waals surface area contributed by atoms with Gasteiger partial charge in [-0.05, 0) is 17.9 Å². The summed E-state index contributed by atoms with van der Waals surface area (Å²) in [7, 11) is 0. The first kappa shape index (κ1) is 12.1. The van der Waals surface area contributed by atoms with Gasteiger partial charge in [-0.1, -0.05) is 43.7 Å². The van der Waals surface area contributed by atoms with E-state index >= 15 is 0 Å². The Balaban J connectivity index is 2.21. The van der Waals surface area contributed by atoms with E-state index in [0.29, 0.717) is 6.61 Å². The standard InChI is InChI=1S/C14H18O3/c1-2-10-8-9-17-14(16)12(10)13(15)11-6-4-3-5-7-11/h3-7,10,12-13,15H,2,8-9H2,1H3/t10-,12-,13-/m1/s1.